The van der Waals surface area contributed by atoms with Crippen LogP contribution in [0.2, 0.25) is 0 Å². The Labute approximate surface area is 147 Å². The first-order chi connectivity index (χ1) is 12.1. The van der Waals surface area contributed by atoms with Crippen LogP contribution in [0.25, 0.3) is 10.9 Å². The molecule has 3 aromatic rings. The Kier molecular flexibility index (Phi) is 5.46. The van der Waals surface area contributed by atoms with Gasteiger partial charge in [0, 0.05) is 6.54 Å². The van der Waals surface area contributed by atoms with Gasteiger partial charge in [0.1, 0.15) is 11.6 Å². The largest absolute Gasteiger partial charge is 0.494 e. The highest BCUT2D eigenvalue weighted by molar-refractivity contribution is 5.77. The Hall–Kier alpha value is -2.66. The molecule has 0 aliphatic heterocycles. The maximum Gasteiger partial charge on any atom is 0.258 e. The van der Waals surface area contributed by atoms with Gasteiger partial charge in [-0.15, -0.1) is 0 Å². The van der Waals surface area contributed by atoms with Crippen LogP contribution in [-0.2, 0) is 0 Å². The molecule has 0 aliphatic carbocycles. The maximum absolute atomic E-state index is 12.2. The standard InChI is InChI=1S/C20H23N3O2/c1-15(19-21-18-12-7-6-11-17(18)20(24)22-19)23(2)13-8-14-25-16-9-4-3-5-10-16/h3-7,9-12,15H,8,13-14H2,1-2H3,(H,21,22,24). The average Bonchev–Trinajstić information content (AvgIpc) is 2.65. The Bertz CT molecular complexity index is 877. The van der Waals surface area contributed by atoms with E-state index >= 15 is 0 Å². The summed E-state index contributed by atoms with van der Waals surface area (Å²) in [6.45, 7) is 3.55. The lowest BCUT2D eigenvalue weighted by Gasteiger charge is -2.24. The number of para-hydroxylation sites is 2. The zero-order chi connectivity index (χ0) is 17.6. The molecular weight excluding hydrogens is 314 g/mol. The third-order valence-corrected chi connectivity index (χ3v) is 4.36. The summed E-state index contributed by atoms with van der Waals surface area (Å²) in [6, 6.07) is 17.2. The van der Waals surface area contributed by atoms with Crippen molar-refractivity contribution in [3.8, 4) is 5.75 Å². The fraction of sp³-hybridized carbons (Fsp3) is 0.300. The number of hydrogen-bond donors (Lipinski definition) is 1. The van der Waals surface area contributed by atoms with Gasteiger partial charge in [-0.05, 0) is 44.7 Å². The minimum Gasteiger partial charge on any atom is -0.494 e. The van der Waals surface area contributed by atoms with Crippen molar-refractivity contribution in [2.75, 3.05) is 20.2 Å². The van der Waals surface area contributed by atoms with E-state index in [0.717, 1.165) is 24.2 Å². The van der Waals surface area contributed by atoms with Crippen molar-refractivity contribution >= 4 is 10.9 Å². The topological polar surface area (TPSA) is 58.2 Å². The van der Waals surface area contributed by atoms with Crippen molar-refractivity contribution in [3.05, 3.63) is 70.8 Å². The smallest absolute Gasteiger partial charge is 0.258 e. The van der Waals surface area contributed by atoms with E-state index in [0.29, 0.717) is 17.8 Å². The quantitative estimate of drug-likeness (QED) is 0.672. The van der Waals surface area contributed by atoms with Gasteiger partial charge in [-0.2, -0.15) is 0 Å². The molecule has 3 rings (SSSR count). The second kappa shape index (κ2) is 7.94. The van der Waals surface area contributed by atoms with Crippen LogP contribution in [0.5, 0.6) is 5.75 Å². The van der Waals surface area contributed by atoms with E-state index in [-0.39, 0.29) is 11.6 Å². The number of aromatic nitrogens is 2. The number of fused-ring (bicyclic) bond motifs is 1. The SMILES string of the molecule is CC(c1nc2ccccc2c(=O)[nH]1)N(C)CCCOc1ccccc1. The van der Waals surface area contributed by atoms with Crippen molar-refractivity contribution in [2.45, 2.75) is 19.4 Å². The molecule has 5 nitrogen and oxygen atoms in total. The predicted molar refractivity (Wildman–Crippen MR) is 100.0 cm³/mol. The molecule has 0 saturated heterocycles. The van der Waals surface area contributed by atoms with E-state index in [9.17, 15) is 4.79 Å². The van der Waals surface area contributed by atoms with Crippen molar-refractivity contribution < 1.29 is 4.74 Å². The molecule has 1 aromatic heterocycles. The van der Waals surface area contributed by atoms with Crippen LogP contribution in [0, 0.1) is 0 Å². The van der Waals surface area contributed by atoms with Crippen molar-refractivity contribution in [1.29, 1.82) is 0 Å². The number of H-pyrrole nitrogens is 1. The molecule has 0 aliphatic rings. The van der Waals surface area contributed by atoms with Gasteiger partial charge in [0.05, 0.1) is 23.6 Å². The molecule has 1 unspecified atom stereocenters. The van der Waals surface area contributed by atoms with Crippen LogP contribution in [0.1, 0.15) is 25.2 Å². The number of rotatable bonds is 7. The van der Waals surface area contributed by atoms with Crippen LogP contribution < -0.4 is 10.3 Å². The van der Waals surface area contributed by atoms with Gasteiger partial charge in [0.2, 0.25) is 0 Å². The third kappa shape index (κ3) is 4.25. The second-order valence-electron chi connectivity index (χ2n) is 6.14. The van der Waals surface area contributed by atoms with Gasteiger partial charge in [-0.25, -0.2) is 4.98 Å². The molecule has 130 valence electrons. The van der Waals surface area contributed by atoms with E-state index in [1.807, 2.05) is 62.5 Å². The van der Waals surface area contributed by atoms with Crippen LogP contribution in [0.3, 0.4) is 0 Å². The first-order valence-electron chi connectivity index (χ1n) is 8.52. The maximum atomic E-state index is 12.2. The number of ether oxygens (including phenoxy) is 1. The van der Waals surface area contributed by atoms with E-state index in [1.165, 1.54) is 0 Å². The minimum absolute atomic E-state index is 0.0223. The average molecular weight is 337 g/mol. The normalized spacial score (nSPS) is 12.4. The molecule has 0 amide bonds. The lowest BCUT2D eigenvalue weighted by molar-refractivity contribution is 0.220. The molecule has 5 heteroatoms. The third-order valence-electron chi connectivity index (χ3n) is 4.36. The first-order valence-corrected chi connectivity index (χ1v) is 8.52. The number of aromatic amines is 1. The molecule has 0 bridgehead atoms. The summed E-state index contributed by atoms with van der Waals surface area (Å²) in [4.78, 5) is 21.9. The zero-order valence-corrected chi connectivity index (χ0v) is 14.6. The predicted octanol–water partition coefficient (Wildman–Crippen LogP) is 3.39. The summed E-state index contributed by atoms with van der Waals surface area (Å²) in [5, 5.41) is 0.623. The highest BCUT2D eigenvalue weighted by Crippen LogP contribution is 2.16. The van der Waals surface area contributed by atoms with E-state index in [2.05, 4.69) is 14.9 Å². The summed E-state index contributed by atoms with van der Waals surface area (Å²) >= 11 is 0. The highest BCUT2D eigenvalue weighted by Gasteiger charge is 2.15. The lowest BCUT2D eigenvalue weighted by Crippen LogP contribution is -2.28. The van der Waals surface area contributed by atoms with Crippen LogP contribution >= 0.6 is 0 Å². The Balaban J connectivity index is 1.58. The fourth-order valence-electron chi connectivity index (χ4n) is 2.73. The van der Waals surface area contributed by atoms with Gasteiger partial charge >= 0.3 is 0 Å². The molecular formula is C20H23N3O2. The highest BCUT2D eigenvalue weighted by atomic mass is 16.5. The molecule has 0 radical (unpaired) electrons. The molecule has 1 N–H and O–H groups in total. The Morgan fingerprint density at radius 1 is 1.12 bits per heavy atom. The summed E-state index contributed by atoms with van der Waals surface area (Å²) < 4.78 is 5.72. The van der Waals surface area contributed by atoms with Crippen molar-refractivity contribution in [1.82, 2.24) is 14.9 Å². The van der Waals surface area contributed by atoms with Gasteiger partial charge in [0.15, 0.2) is 0 Å². The summed E-state index contributed by atoms with van der Waals surface area (Å²) in [7, 11) is 2.03. The molecule has 0 saturated carbocycles. The number of hydrogen-bond acceptors (Lipinski definition) is 4. The molecule has 1 heterocycles. The number of nitrogens with zero attached hydrogens (tertiary/aromatic N) is 2. The first kappa shape index (κ1) is 17.2. The van der Waals surface area contributed by atoms with Crippen molar-refractivity contribution in [2.24, 2.45) is 0 Å². The lowest BCUT2D eigenvalue weighted by atomic mass is 10.2. The van der Waals surface area contributed by atoms with Gasteiger partial charge in [-0.3, -0.25) is 9.69 Å². The number of benzene rings is 2. The van der Waals surface area contributed by atoms with E-state index < -0.39 is 0 Å². The monoisotopic (exact) mass is 337 g/mol. The summed E-state index contributed by atoms with van der Waals surface area (Å²) in [6.07, 6.45) is 0.896. The molecule has 2 aromatic carbocycles. The van der Waals surface area contributed by atoms with E-state index in [4.69, 9.17) is 4.74 Å². The molecule has 0 fully saturated rings. The Morgan fingerprint density at radius 3 is 2.64 bits per heavy atom. The second-order valence-corrected chi connectivity index (χ2v) is 6.14. The molecule has 0 spiro atoms. The summed E-state index contributed by atoms with van der Waals surface area (Å²) in [5.41, 5.74) is 0.641. The molecule has 25 heavy (non-hydrogen) atoms. The van der Waals surface area contributed by atoms with Gasteiger partial charge in [-0.1, -0.05) is 30.3 Å². The minimum atomic E-state index is -0.0896. The van der Waals surface area contributed by atoms with Gasteiger partial charge < -0.3 is 9.72 Å². The zero-order valence-electron chi connectivity index (χ0n) is 14.6. The fourth-order valence-corrected chi connectivity index (χ4v) is 2.73. The van der Waals surface area contributed by atoms with Crippen LogP contribution in [0.15, 0.2) is 59.4 Å². The number of nitrogens with one attached hydrogen (secondary N) is 1. The van der Waals surface area contributed by atoms with Crippen LogP contribution in [-0.4, -0.2) is 35.1 Å². The Morgan fingerprint density at radius 2 is 1.84 bits per heavy atom. The molecule has 1 atom stereocenters. The van der Waals surface area contributed by atoms with E-state index in [1.54, 1.807) is 6.07 Å². The van der Waals surface area contributed by atoms with Gasteiger partial charge in [0.25, 0.3) is 5.56 Å². The summed E-state index contributed by atoms with van der Waals surface area (Å²) in [5.74, 6) is 1.58. The van der Waals surface area contributed by atoms with Crippen LogP contribution in [0.4, 0.5) is 0 Å². The van der Waals surface area contributed by atoms with Crippen molar-refractivity contribution in [3.63, 3.8) is 0 Å².